The second kappa shape index (κ2) is 9.40. The molecule has 0 atom stereocenters. The second-order valence-corrected chi connectivity index (χ2v) is 8.01. The third kappa shape index (κ3) is 4.71. The molecule has 8 nitrogen and oxygen atoms in total. The first-order chi connectivity index (χ1) is 14.6. The first-order valence-corrected chi connectivity index (χ1v) is 10.6. The highest BCUT2D eigenvalue weighted by molar-refractivity contribution is 6.45. The average Bonchev–Trinajstić information content (AvgIpc) is 3.45. The number of morpholine rings is 1. The van der Waals surface area contributed by atoms with Gasteiger partial charge in [0.15, 0.2) is 5.71 Å². The zero-order chi connectivity index (χ0) is 20.9. The number of nitrogens with one attached hydrogen (secondary N) is 2. The van der Waals surface area contributed by atoms with Crippen molar-refractivity contribution in [3.05, 3.63) is 48.8 Å². The van der Waals surface area contributed by atoms with Crippen LogP contribution in [0.5, 0.6) is 0 Å². The van der Waals surface area contributed by atoms with E-state index in [1.165, 1.54) is 0 Å². The van der Waals surface area contributed by atoms with E-state index < -0.39 is 0 Å². The smallest absolute Gasteiger partial charge is 0.272 e. The zero-order valence-corrected chi connectivity index (χ0v) is 17.5. The summed E-state index contributed by atoms with van der Waals surface area (Å²) < 4.78 is 7.16. The molecule has 1 saturated heterocycles. The topological polar surface area (TPSA) is 87.5 Å². The number of aromatic nitrogens is 3. The van der Waals surface area contributed by atoms with Gasteiger partial charge in [-0.25, -0.2) is 9.98 Å². The number of hydrogen-bond acceptors (Lipinski definition) is 5. The molecule has 1 aliphatic heterocycles. The van der Waals surface area contributed by atoms with Crippen LogP contribution in [0.2, 0.25) is 0 Å². The predicted molar refractivity (Wildman–Crippen MR) is 116 cm³/mol. The van der Waals surface area contributed by atoms with Gasteiger partial charge < -0.3 is 15.0 Å². The van der Waals surface area contributed by atoms with Gasteiger partial charge in [0.2, 0.25) is 0 Å². The standard InChI is InChI=1S/C22H30N6O2/c1-16-7-8-24-20(16)21(25-17(2)28-10-9-23-15-28)22(29)26-18-3-5-19(6-4-18)27-11-13-30-14-12-27/h7-10,15,18-19,24H,2-6,11-14H2,1H3,(H,26,29)/b25-21+. The Morgan fingerprint density at radius 2 is 2.07 bits per heavy atom. The summed E-state index contributed by atoms with van der Waals surface area (Å²) in [6, 6.07) is 2.70. The molecule has 1 saturated carbocycles. The quantitative estimate of drug-likeness (QED) is 0.715. The Balaban J connectivity index is 1.42. The number of rotatable bonds is 6. The summed E-state index contributed by atoms with van der Waals surface area (Å²) in [5.41, 5.74) is 2.04. The van der Waals surface area contributed by atoms with Crippen LogP contribution in [-0.4, -0.2) is 69.4 Å². The van der Waals surface area contributed by atoms with Gasteiger partial charge in [-0.3, -0.25) is 14.3 Å². The van der Waals surface area contributed by atoms with Crippen molar-refractivity contribution in [2.75, 3.05) is 26.3 Å². The van der Waals surface area contributed by atoms with Crippen LogP contribution in [0, 0.1) is 6.92 Å². The van der Waals surface area contributed by atoms with Gasteiger partial charge >= 0.3 is 0 Å². The van der Waals surface area contributed by atoms with Crippen molar-refractivity contribution in [3.8, 4) is 0 Å². The SMILES string of the molecule is C=C(/N=C(/C(=O)NC1CCC(N2CCOCC2)CC1)c1[nH]ccc1C)n1ccnc1. The molecule has 160 valence electrons. The van der Waals surface area contributed by atoms with Gasteiger partial charge in [0.25, 0.3) is 5.91 Å². The first-order valence-electron chi connectivity index (χ1n) is 10.6. The van der Waals surface area contributed by atoms with Crippen molar-refractivity contribution in [3.63, 3.8) is 0 Å². The third-order valence-electron chi connectivity index (χ3n) is 6.04. The number of aryl methyl sites for hydroxylation is 1. The number of aliphatic imine (C=N–C) groups is 1. The van der Waals surface area contributed by atoms with E-state index in [-0.39, 0.29) is 11.9 Å². The van der Waals surface area contributed by atoms with Crippen LogP contribution in [0.4, 0.5) is 0 Å². The molecule has 0 spiro atoms. The molecule has 3 heterocycles. The maximum atomic E-state index is 13.2. The van der Waals surface area contributed by atoms with Crippen molar-refractivity contribution in [1.29, 1.82) is 0 Å². The Labute approximate surface area is 177 Å². The summed E-state index contributed by atoms with van der Waals surface area (Å²) in [6.45, 7) is 9.64. The molecular weight excluding hydrogens is 380 g/mol. The molecule has 4 rings (SSSR count). The number of imidazole rings is 1. The largest absolute Gasteiger partial charge is 0.379 e. The molecule has 30 heavy (non-hydrogen) atoms. The molecule has 1 aliphatic carbocycles. The monoisotopic (exact) mass is 410 g/mol. The molecule has 1 amide bonds. The first kappa shape index (κ1) is 20.6. The molecule has 0 radical (unpaired) electrons. The van der Waals surface area contributed by atoms with Crippen molar-refractivity contribution >= 4 is 17.4 Å². The lowest BCUT2D eigenvalue weighted by molar-refractivity contribution is -0.115. The summed E-state index contributed by atoms with van der Waals surface area (Å²) in [4.78, 5) is 27.5. The maximum absolute atomic E-state index is 13.2. The normalized spacial score (nSPS) is 23.3. The fourth-order valence-corrected chi connectivity index (χ4v) is 4.30. The molecule has 0 bridgehead atoms. The number of amides is 1. The van der Waals surface area contributed by atoms with Crippen LogP contribution < -0.4 is 5.32 Å². The van der Waals surface area contributed by atoms with Crippen molar-refractivity contribution < 1.29 is 9.53 Å². The lowest BCUT2D eigenvalue weighted by atomic mass is 9.89. The fraction of sp³-hybridized carbons (Fsp3) is 0.500. The summed E-state index contributed by atoms with van der Waals surface area (Å²) in [6.07, 6.45) is 11.0. The van der Waals surface area contributed by atoms with E-state index in [1.54, 1.807) is 23.3 Å². The zero-order valence-electron chi connectivity index (χ0n) is 17.5. The van der Waals surface area contributed by atoms with Crippen LogP contribution in [0.3, 0.4) is 0 Å². The van der Waals surface area contributed by atoms with Crippen LogP contribution in [0.1, 0.15) is 36.9 Å². The summed E-state index contributed by atoms with van der Waals surface area (Å²) >= 11 is 0. The Bertz CT molecular complexity index is 887. The highest BCUT2D eigenvalue weighted by atomic mass is 16.5. The summed E-state index contributed by atoms with van der Waals surface area (Å²) in [5, 5.41) is 3.21. The highest BCUT2D eigenvalue weighted by Crippen LogP contribution is 2.24. The van der Waals surface area contributed by atoms with Crippen molar-refractivity contribution in [2.24, 2.45) is 4.99 Å². The molecule has 2 aromatic rings. The Kier molecular flexibility index (Phi) is 6.44. The number of nitrogens with zero attached hydrogens (tertiary/aromatic N) is 4. The van der Waals surface area contributed by atoms with Gasteiger partial charge in [0.1, 0.15) is 12.1 Å². The highest BCUT2D eigenvalue weighted by Gasteiger charge is 2.29. The average molecular weight is 411 g/mol. The molecular formula is C22H30N6O2. The number of carbonyl (C=O) groups excluding carboxylic acids is 1. The molecule has 8 heteroatoms. The second-order valence-electron chi connectivity index (χ2n) is 8.01. The lowest BCUT2D eigenvalue weighted by Gasteiger charge is -2.38. The van der Waals surface area contributed by atoms with E-state index in [1.807, 2.05) is 19.2 Å². The van der Waals surface area contributed by atoms with Gasteiger partial charge in [-0.05, 0) is 44.2 Å². The minimum absolute atomic E-state index is 0.164. The van der Waals surface area contributed by atoms with Gasteiger partial charge in [-0.15, -0.1) is 0 Å². The van der Waals surface area contributed by atoms with Gasteiger partial charge in [-0.2, -0.15) is 0 Å². The van der Waals surface area contributed by atoms with E-state index in [9.17, 15) is 4.79 Å². The minimum Gasteiger partial charge on any atom is -0.379 e. The fourth-order valence-electron chi connectivity index (χ4n) is 4.30. The summed E-state index contributed by atoms with van der Waals surface area (Å²) in [5.74, 6) is 0.277. The van der Waals surface area contributed by atoms with Crippen LogP contribution in [-0.2, 0) is 9.53 Å². The lowest BCUT2D eigenvalue weighted by Crippen LogP contribution is -2.48. The predicted octanol–water partition coefficient (Wildman–Crippen LogP) is 2.20. The number of aromatic amines is 1. The van der Waals surface area contributed by atoms with Crippen LogP contribution in [0.15, 0.2) is 42.6 Å². The molecule has 2 N–H and O–H groups in total. The molecule has 2 aromatic heterocycles. The van der Waals surface area contributed by atoms with Gasteiger partial charge in [0, 0.05) is 43.8 Å². The van der Waals surface area contributed by atoms with E-state index in [4.69, 9.17) is 4.74 Å². The number of H-pyrrole nitrogens is 1. The number of hydrogen-bond donors (Lipinski definition) is 2. The summed E-state index contributed by atoms with van der Waals surface area (Å²) in [7, 11) is 0. The molecule has 2 fully saturated rings. The van der Waals surface area contributed by atoms with Crippen LogP contribution >= 0.6 is 0 Å². The van der Waals surface area contributed by atoms with E-state index in [0.29, 0.717) is 17.6 Å². The van der Waals surface area contributed by atoms with E-state index >= 15 is 0 Å². The molecule has 2 aliphatic rings. The molecule has 0 unspecified atom stereocenters. The minimum atomic E-state index is -0.170. The van der Waals surface area contributed by atoms with Gasteiger partial charge in [-0.1, -0.05) is 6.58 Å². The Hall–Kier alpha value is -2.71. The number of ether oxygens (including phenoxy) is 1. The Morgan fingerprint density at radius 1 is 1.30 bits per heavy atom. The number of carbonyl (C=O) groups is 1. The van der Waals surface area contributed by atoms with E-state index in [2.05, 4.69) is 31.8 Å². The maximum Gasteiger partial charge on any atom is 0.272 e. The van der Waals surface area contributed by atoms with Crippen molar-refractivity contribution in [2.45, 2.75) is 44.7 Å². The molecule has 0 aromatic carbocycles. The van der Waals surface area contributed by atoms with Gasteiger partial charge in [0.05, 0.1) is 18.9 Å². The van der Waals surface area contributed by atoms with E-state index in [0.717, 1.165) is 63.2 Å². The van der Waals surface area contributed by atoms with Crippen LogP contribution in [0.25, 0.3) is 5.82 Å². The third-order valence-corrected chi connectivity index (χ3v) is 6.04. The van der Waals surface area contributed by atoms with Crippen molar-refractivity contribution in [1.82, 2.24) is 24.8 Å². The Morgan fingerprint density at radius 3 is 2.70 bits per heavy atom.